The number of alkyl carbamates (subject to hydrolysis) is 1. The summed E-state index contributed by atoms with van der Waals surface area (Å²) in [5.41, 5.74) is 0.835. The zero-order valence-electron chi connectivity index (χ0n) is 17.8. The van der Waals surface area contributed by atoms with Gasteiger partial charge in [0.05, 0.1) is 20.8 Å². The standard InChI is InChI=1S/C22H29N3O6/c1-4-8-16-11-12-18(21(28)30-2)25(16)19(26)14-23-20(27)17(24-22(29)31-3)13-15-9-6-5-7-10-15/h4-7,9-10,16-18H,1,8,11-14H2,2-3H3,(H,23,27)(H,24,29)/t16?,17-,18-/m0/s1. The van der Waals surface area contributed by atoms with Gasteiger partial charge in [0.15, 0.2) is 0 Å². The molecule has 0 bridgehead atoms. The van der Waals surface area contributed by atoms with Crippen molar-refractivity contribution < 1.29 is 28.7 Å². The number of methoxy groups -OCH3 is 2. The van der Waals surface area contributed by atoms with Crippen LogP contribution in [0.5, 0.6) is 0 Å². The molecule has 1 heterocycles. The predicted octanol–water partition coefficient (Wildman–Crippen LogP) is 1.18. The molecule has 31 heavy (non-hydrogen) atoms. The Morgan fingerprint density at radius 3 is 2.48 bits per heavy atom. The molecule has 1 aliphatic heterocycles. The van der Waals surface area contributed by atoms with Crippen molar-refractivity contribution in [1.29, 1.82) is 0 Å². The van der Waals surface area contributed by atoms with Crippen LogP contribution in [0.3, 0.4) is 0 Å². The number of amides is 3. The Labute approximate surface area is 181 Å². The molecule has 168 valence electrons. The fourth-order valence-electron chi connectivity index (χ4n) is 3.69. The van der Waals surface area contributed by atoms with E-state index in [-0.39, 0.29) is 19.0 Å². The fourth-order valence-corrected chi connectivity index (χ4v) is 3.69. The minimum atomic E-state index is -0.929. The molecule has 9 nitrogen and oxygen atoms in total. The second-order valence-corrected chi connectivity index (χ2v) is 7.19. The first-order chi connectivity index (χ1) is 14.9. The maximum absolute atomic E-state index is 12.9. The number of esters is 1. The normalized spacial score (nSPS) is 18.6. The van der Waals surface area contributed by atoms with Crippen LogP contribution in [0.2, 0.25) is 0 Å². The molecule has 1 aromatic carbocycles. The minimum Gasteiger partial charge on any atom is -0.467 e. The largest absolute Gasteiger partial charge is 0.467 e. The summed E-state index contributed by atoms with van der Waals surface area (Å²) in [6.07, 6.45) is 2.84. The number of nitrogens with one attached hydrogen (secondary N) is 2. The highest BCUT2D eigenvalue weighted by molar-refractivity contribution is 5.91. The van der Waals surface area contributed by atoms with Crippen LogP contribution in [-0.4, -0.2) is 67.7 Å². The monoisotopic (exact) mass is 431 g/mol. The molecule has 1 aliphatic rings. The van der Waals surface area contributed by atoms with Crippen molar-refractivity contribution in [3.63, 3.8) is 0 Å². The van der Waals surface area contributed by atoms with E-state index >= 15 is 0 Å². The van der Waals surface area contributed by atoms with Gasteiger partial charge in [0, 0.05) is 12.5 Å². The van der Waals surface area contributed by atoms with Gasteiger partial charge in [-0.3, -0.25) is 9.59 Å². The van der Waals surface area contributed by atoms with Crippen LogP contribution < -0.4 is 10.6 Å². The second kappa shape index (κ2) is 11.7. The molecule has 0 aromatic heterocycles. The predicted molar refractivity (Wildman–Crippen MR) is 113 cm³/mol. The van der Waals surface area contributed by atoms with Gasteiger partial charge in [0.25, 0.3) is 0 Å². The van der Waals surface area contributed by atoms with E-state index < -0.39 is 36.0 Å². The van der Waals surface area contributed by atoms with Gasteiger partial charge >= 0.3 is 12.1 Å². The molecule has 2 N–H and O–H groups in total. The summed E-state index contributed by atoms with van der Waals surface area (Å²) in [6.45, 7) is 3.39. The van der Waals surface area contributed by atoms with E-state index in [1.54, 1.807) is 6.08 Å². The van der Waals surface area contributed by atoms with Crippen molar-refractivity contribution in [1.82, 2.24) is 15.5 Å². The van der Waals surface area contributed by atoms with Crippen LogP contribution in [0.4, 0.5) is 4.79 Å². The van der Waals surface area contributed by atoms with E-state index in [9.17, 15) is 19.2 Å². The number of benzene rings is 1. The lowest BCUT2D eigenvalue weighted by Crippen LogP contribution is -2.53. The van der Waals surface area contributed by atoms with Gasteiger partial charge in [0.1, 0.15) is 12.1 Å². The number of carbonyl (C=O) groups excluding carboxylic acids is 4. The van der Waals surface area contributed by atoms with Gasteiger partial charge in [-0.1, -0.05) is 36.4 Å². The van der Waals surface area contributed by atoms with Crippen LogP contribution in [0.15, 0.2) is 43.0 Å². The first kappa shape index (κ1) is 23.9. The Bertz CT molecular complexity index is 798. The number of hydrogen-bond donors (Lipinski definition) is 2. The van der Waals surface area contributed by atoms with Gasteiger partial charge in [-0.15, -0.1) is 6.58 Å². The smallest absolute Gasteiger partial charge is 0.407 e. The maximum Gasteiger partial charge on any atom is 0.407 e. The number of nitrogens with zero attached hydrogens (tertiary/aromatic N) is 1. The average Bonchev–Trinajstić information content (AvgIpc) is 3.20. The number of likely N-dealkylation sites (tertiary alicyclic amines) is 1. The molecule has 9 heteroatoms. The average molecular weight is 431 g/mol. The highest BCUT2D eigenvalue weighted by Gasteiger charge is 2.40. The lowest BCUT2D eigenvalue weighted by molar-refractivity contribution is -0.152. The van der Waals surface area contributed by atoms with Crippen molar-refractivity contribution in [2.75, 3.05) is 20.8 Å². The highest BCUT2D eigenvalue weighted by Crippen LogP contribution is 2.27. The number of hydrogen-bond acceptors (Lipinski definition) is 6. The summed E-state index contributed by atoms with van der Waals surface area (Å²) < 4.78 is 9.42. The summed E-state index contributed by atoms with van der Waals surface area (Å²) in [5.74, 6) is -1.41. The first-order valence-corrected chi connectivity index (χ1v) is 10.1. The zero-order valence-corrected chi connectivity index (χ0v) is 17.8. The van der Waals surface area contributed by atoms with Gasteiger partial charge < -0.3 is 25.0 Å². The summed E-state index contributed by atoms with van der Waals surface area (Å²) >= 11 is 0. The Kier molecular flexibility index (Phi) is 9.05. The number of ether oxygens (including phenoxy) is 2. The Morgan fingerprint density at radius 2 is 1.87 bits per heavy atom. The van der Waals surface area contributed by atoms with Crippen molar-refractivity contribution in [3.8, 4) is 0 Å². The molecular weight excluding hydrogens is 402 g/mol. The molecule has 0 radical (unpaired) electrons. The quantitative estimate of drug-likeness (QED) is 0.448. The number of rotatable bonds is 9. The van der Waals surface area contributed by atoms with Gasteiger partial charge in [-0.2, -0.15) is 0 Å². The SMILES string of the molecule is C=CCC1CC[C@@H](C(=O)OC)N1C(=O)CNC(=O)[C@H](Cc1ccccc1)NC(=O)OC. The Morgan fingerprint density at radius 1 is 1.16 bits per heavy atom. The van der Waals surface area contributed by atoms with Crippen LogP contribution in [0.1, 0.15) is 24.8 Å². The molecule has 0 aliphatic carbocycles. The van der Waals surface area contributed by atoms with Crippen molar-refractivity contribution in [2.45, 2.75) is 43.8 Å². The molecule has 1 fully saturated rings. The second-order valence-electron chi connectivity index (χ2n) is 7.19. The lowest BCUT2D eigenvalue weighted by Gasteiger charge is -2.29. The summed E-state index contributed by atoms with van der Waals surface area (Å²) in [4.78, 5) is 50.9. The Balaban J connectivity index is 2.06. The summed E-state index contributed by atoms with van der Waals surface area (Å²) in [5, 5.41) is 5.06. The zero-order chi connectivity index (χ0) is 22.8. The molecule has 0 saturated carbocycles. The van der Waals surface area contributed by atoms with Gasteiger partial charge in [-0.25, -0.2) is 9.59 Å². The van der Waals surface area contributed by atoms with Crippen molar-refractivity contribution in [3.05, 3.63) is 48.6 Å². The van der Waals surface area contributed by atoms with Crippen LogP contribution in [0, 0.1) is 0 Å². The Hall–Kier alpha value is -3.36. The van der Waals surface area contributed by atoms with E-state index in [4.69, 9.17) is 4.74 Å². The fraction of sp³-hybridized carbons (Fsp3) is 0.455. The molecule has 3 atom stereocenters. The summed E-state index contributed by atoms with van der Waals surface area (Å²) in [7, 11) is 2.48. The molecule has 3 amide bonds. The molecule has 1 saturated heterocycles. The van der Waals surface area contributed by atoms with Crippen molar-refractivity contribution >= 4 is 23.9 Å². The van der Waals surface area contributed by atoms with Crippen LogP contribution >= 0.6 is 0 Å². The van der Waals surface area contributed by atoms with Crippen molar-refractivity contribution in [2.24, 2.45) is 0 Å². The molecule has 1 aromatic rings. The van der Waals surface area contributed by atoms with Crippen LogP contribution in [-0.2, 0) is 30.3 Å². The lowest BCUT2D eigenvalue weighted by atomic mass is 10.1. The third-order valence-electron chi connectivity index (χ3n) is 5.19. The van der Waals surface area contributed by atoms with Gasteiger partial charge in [0.2, 0.25) is 11.8 Å². The molecule has 2 rings (SSSR count). The topological polar surface area (TPSA) is 114 Å². The van der Waals surface area contributed by atoms with E-state index in [2.05, 4.69) is 21.9 Å². The molecular formula is C22H29N3O6. The summed E-state index contributed by atoms with van der Waals surface area (Å²) in [6, 6.07) is 7.36. The van der Waals surface area contributed by atoms with Crippen LogP contribution in [0.25, 0.3) is 0 Å². The van der Waals surface area contributed by atoms with E-state index in [0.717, 1.165) is 5.56 Å². The van der Waals surface area contributed by atoms with E-state index in [1.807, 2.05) is 30.3 Å². The number of carbonyl (C=O) groups is 4. The van der Waals surface area contributed by atoms with E-state index in [0.29, 0.717) is 19.3 Å². The highest BCUT2D eigenvalue weighted by atomic mass is 16.5. The third kappa shape index (κ3) is 6.56. The third-order valence-corrected chi connectivity index (χ3v) is 5.19. The minimum absolute atomic E-state index is 0.181. The maximum atomic E-state index is 12.9. The van der Waals surface area contributed by atoms with E-state index in [1.165, 1.54) is 19.1 Å². The molecule has 1 unspecified atom stereocenters. The molecule has 0 spiro atoms. The first-order valence-electron chi connectivity index (χ1n) is 10.1. The van der Waals surface area contributed by atoms with Gasteiger partial charge in [-0.05, 0) is 24.8 Å².